The number of methoxy groups -OCH3 is 1. The molecule has 1 N–H and O–H groups in total. The number of nitrogens with one attached hydrogen (secondary N) is 1. The van der Waals surface area contributed by atoms with Crippen LogP contribution in [0.15, 0.2) is 0 Å². The SMILES string of the molecule is COCC(CNC1CC1)OCCC(C)(C)C. The van der Waals surface area contributed by atoms with Crippen molar-refractivity contribution in [2.75, 3.05) is 26.9 Å². The Kier molecular flexibility index (Phi) is 5.73. The van der Waals surface area contributed by atoms with Crippen LogP contribution in [0, 0.1) is 5.41 Å². The fourth-order valence-electron chi connectivity index (χ4n) is 1.47. The van der Waals surface area contributed by atoms with Crippen LogP contribution in [-0.4, -0.2) is 39.0 Å². The summed E-state index contributed by atoms with van der Waals surface area (Å²) in [5, 5.41) is 3.48. The predicted molar refractivity (Wildman–Crippen MR) is 66.7 cm³/mol. The highest BCUT2D eigenvalue weighted by Crippen LogP contribution is 2.20. The topological polar surface area (TPSA) is 30.5 Å². The summed E-state index contributed by atoms with van der Waals surface area (Å²) >= 11 is 0. The van der Waals surface area contributed by atoms with Gasteiger partial charge in [-0.05, 0) is 24.7 Å². The largest absolute Gasteiger partial charge is 0.382 e. The Morgan fingerprint density at radius 3 is 2.50 bits per heavy atom. The van der Waals surface area contributed by atoms with Gasteiger partial charge in [-0.2, -0.15) is 0 Å². The molecule has 1 aliphatic rings. The quantitative estimate of drug-likeness (QED) is 0.692. The summed E-state index contributed by atoms with van der Waals surface area (Å²) < 4.78 is 11.0. The number of hydrogen-bond acceptors (Lipinski definition) is 3. The molecule has 1 saturated carbocycles. The molecule has 1 unspecified atom stereocenters. The third-order valence-electron chi connectivity index (χ3n) is 2.77. The molecule has 16 heavy (non-hydrogen) atoms. The van der Waals surface area contributed by atoms with Crippen molar-refractivity contribution in [3.05, 3.63) is 0 Å². The maximum Gasteiger partial charge on any atom is 0.0932 e. The molecule has 3 heteroatoms. The Morgan fingerprint density at radius 1 is 1.31 bits per heavy atom. The zero-order valence-corrected chi connectivity index (χ0v) is 11.2. The first-order valence-electron chi connectivity index (χ1n) is 6.35. The monoisotopic (exact) mass is 229 g/mol. The third kappa shape index (κ3) is 7.20. The van der Waals surface area contributed by atoms with Crippen LogP contribution in [0.5, 0.6) is 0 Å². The van der Waals surface area contributed by atoms with Gasteiger partial charge in [-0.25, -0.2) is 0 Å². The molecule has 1 atom stereocenters. The Balaban J connectivity index is 2.10. The summed E-state index contributed by atoms with van der Waals surface area (Å²) in [6.07, 6.45) is 3.94. The zero-order chi connectivity index (χ0) is 12.0. The summed E-state index contributed by atoms with van der Waals surface area (Å²) in [6.45, 7) is 9.15. The molecule has 0 amide bonds. The molecule has 0 aromatic rings. The molecular weight excluding hydrogens is 202 g/mol. The van der Waals surface area contributed by atoms with Gasteiger partial charge >= 0.3 is 0 Å². The highest BCUT2D eigenvalue weighted by molar-refractivity contribution is 4.82. The van der Waals surface area contributed by atoms with Gasteiger partial charge in [0.1, 0.15) is 0 Å². The van der Waals surface area contributed by atoms with Gasteiger partial charge in [0.25, 0.3) is 0 Å². The molecular formula is C13H27NO2. The molecule has 0 radical (unpaired) electrons. The molecule has 1 rings (SSSR count). The maximum absolute atomic E-state index is 5.85. The number of hydrogen-bond donors (Lipinski definition) is 1. The molecule has 1 fully saturated rings. The van der Waals surface area contributed by atoms with Crippen molar-refractivity contribution >= 4 is 0 Å². The molecule has 0 aromatic carbocycles. The van der Waals surface area contributed by atoms with Crippen LogP contribution in [-0.2, 0) is 9.47 Å². The average molecular weight is 229 g/mol. The molecule has 0 spiro atoms. The Labute approximate surface area is 99.9 Å². The van der Waals surface area contributed by atoms with Crippen LogP contribution in [0.4, 0.5) is 0 Å². The van der Waals surface area contributed by atoms with Gasteiger partial charge in [0, 0.05) is 26.3 Å². The lowest BCUT2D eigenvalue weighted by Crippen LogP contribution is -2.34. The normalized spacial score (nSPS) is 18.8. The van der Waals surface area contributed by atoms with Crippen molar-refractivity contribution in [3.8, 4) is 0 Å². The zero-order valence-electron chi connectivity index (χ0n) is 11.2. The first-order chi connectivity index (χ1) is 7.51. The minimum absolute atomic E-state index is 0.202. The van der Waals surface area contributed by atoms with Crippen LogP contribution >= 0.6 is 0 Å². The summed E-state index contributed by atoms with van der Waals surface area (Å²) in [5.41, 5.74) is 0.349. The molecule has 0 heterocycles. The lowest BCUT2D eigenvalue weighted by atomic mass is 9.93. The van der Waals surface area contributed by atoms with E-state index in [0.717, 1.165) is 25.6 Å². The van der Waals surface area contributed by atoms with E-state index in [1.165, 1.54) is 12.8 Å². The fraction of sp³-hybridized carbons (Fsp3) is 1.00. The van der Waals surface area contributed by atoms with Crippen LogP contribution in [0.25, 0.3) is 0 Å². The summed E-state index contributed by atoms with van der Waals surface area (Å²) in [4.78, 5) is 0. The molecule has 0 bridgehead atoms. The van der Waals surface area contributed by atoms with Crippen LogP contribution in [0.3, 0.4) is 0 Å². The van der Waals surface area contributed by atoms with E-state index in [9.17, 15) is 0 Å². The van der Waals surface area contributed by atoms with E-state index >= 15 is 0 Å². The third-order valence-corrected chi connectivity index (χ3v) is 2.77. The second kappa shape index (κ2) is 6.58. The minimum Gasteiger partial charge on any atom is -0.382 e. The van der Waals surface area contributed by atoms with E-state index in [1.54, 1.807) is 7.11 Å². The molecule has 1 aliphatic carbocycles. The first-order valence-corrected chi connectivity index (χ1v) is 6.35. The van der Waals surface area contributed by atoms with E-state index in [1.807, 2.05) is 0 Å². The van der Waals surface area contributed by atoms with E-state index in [0.29, 0.717) is 12.0 Å². The molecule has 0 aromatic heterocycles. The van der Waals surface area contributed by atoms with Gasteiger partial charge in [-0.1, -0.05) is 20.8 Å². The molecule has 96 valence electrons. The summed E-state index contributed by atoms with van der Waals surface area (Å²) in [5.74, 6) is 0. The van der Waals surface area contributed by atoms with Gasteiger partial charge in [0.05, 0.1) is 12.7 Å². The highest BCUT2D eigenvalue weighted by Gasteiger charge is 2.22. The van der Waals surface area contributed by atoms with Gasteiger partial charge in [-0.3, -0.25) is 0 Å². The fourth-order valence-corrected chi connectivity index (χ4v) is 1.47. The van der Waals surface area contributed by atoms with Gasteiger partial charge in [0.15, 0.2) is 0 Å². The highest BCUT2D eigenvalue weighted by atomic mass is 16.5. The lowest BCUT2D eigenvalue weighted by Gasteiger charge is -2.22. The van der Waals surface area contributed by atoms with Crippen molar-refractivity contribution in [2.24, 2.45) is 5.41 Å². The summed E-state index contributed by atoms with van der Waals surface area (Å²) in [6, 6.07) is 0.741. The van der Waals surface area contributed by atoms with Crippen LogP contribution < -0.4 is 5.32 Å². The summed E-state index contributed by atoms with van der Waals surface area (Å²) in [7, 11) is 1.73. The van der Waals surface area contributed by atoms with E-state index < -0.39 is 0 Å². The first kappa shape index (κ1) is 13.9. The second-order valence-corrected chi connectivity index (χ2v) is 5.94. The van der Waals surface area contributed by atoms with Gasteiger partial charge < -0.3 is 14.8 Å². The number of rotatable bonds is 8. The lowest BCUT2D eigenvalue weighted by molar-refractivity contribution is -0.00978. The smallest absolute Gasteiger partial charge is 0.0932 e. The van der Waals surface area contributed by atoms with Crippen molar-refractivity contribution < 1.29 is 9.47 Å². The van der Waals surface area contributed by atoms with Crippen LogP contribution in [0.2, 0.25) is 0 Å². The molecule has 0 aliphatic heterocycles. The van der Waals surface area contributed by atoms with E-state index in [-0.39, 0.29) is 6.10 Å². The van der Waals surface area contributed by atoms with Crippen LogP contribution in [0.1, 0.15) is 40.0 Å². The standard InChI is InChI=1S/C13H27NO2/c1-13(2,3)7-8-16-12(10-15-4)9-14-11-5-6-11/h11-12,14H,5-10H2,1-4H3. The van der Waals surface area contributed by atoms with Crippen molar-refractivity contribution in [1.82, 2.24) is 5.32 Å². The maximum atomic E-state index is 5.85. The predicted octanol–water partition coefficient (Wildman–Crippen LogP) is 2.21. The average Bonchev–Trinajstić information content (AvgIpc) is 2.95. The van der Waals surface area contributed by atoms with Gasteiger partial charge in [-0.15, -0.1) is 0 Å². The molecule has 0 saturated heterocycles. The van der Waals surface area contributed by atoms with Crippen molar-refractivity contribution in [3.63, 3.8) is 0 Å². The second-order valence-electron chi connectivity index (χ2n) is 5.94. The Bertz CT molecular complexity index is 185. The van der Waals surface area contributed by atoms with Crippen molar-refractivity contribution in [1.29, 1.82) is 0 Å². The Morgan fingerprint density at radius 2 is 2.00 bits per heavy atom. The Hall–Kier alpha value is -0.120. The van der Waals surface area contributed by atoms with E-state index in [2.05, 4.69) is 26.1 Å². The molecule has 3 nitrogen and oxygen atoms in total. The van der Waals surface area contributed by atoms with Crippen molar-refractivity contribution in [2.45, 2.75) is 52.2 Å². The van der Waals surface area contributed by atoms with E-state index in [4.69, 9.17) is 9.47 Å². The minimum atomic E-state index is 0.202. The number of ether oxygens (including phenoxy) is 2. The van der Waals surface area contributed by atoms with Gasteiger partial charge in [0.2, 0.25) is 0 Å².